The summed E-state index contributed by atoms with van der Waals surface area (Å²) in [5, 5.41) is 16.6. The largest absolute Gasteiger partial charge is 0.337 e. The number of aromatic nitrogens is 2. The van der Waals surface area contributed by atoms with Gasteiger partial charge in [-0.3, -0.25) is 19.9 Å². The van der Waals surface area contributed by atoms with E-state index in [0.717, 1.165) is 0 Å². The van der Waals surface area contributed by atoms with E-state index >= 15 is 0 Å². The number of nitro benzene ring substituents is 1. The Morgan fingerprint density at radius 1 is 1.12 bits per heavy atom. The molecule has 0 spiro atoms. The maximum Gasteiger partial charge on any atom is 0.271 e. The Labute approximate surface area is 136 Å². The number of non-ortho nitro benzene ring substituents is 1. The molecule has 0 saturated carbocycles. The molecule has 0 radical (unpaired) electrons. The fourth-order valence-electron chi connectivity index (χ4n) is 2.20. The summed E-state index contributed by atoms with van der Waals surface area (Å²) in [5.41, 5.74) is 2.16. The Morgan fingerprint density at radius 3 is 2.58 bits per heavy atom. The van der Waals surface area contributed by atoms with Gasteiger partial charge in [0.1, 0.15) is 5.82 Å². The number of fused-ring (bicyclic) bond motifs is 1. The number of anilines is 3. The van der Waals surface area contributed by atoms with Crippen LogP contribution in [0.3, 0.4) is 0 Å². The molecule has 0 bridgehead atoms. The third-order valence-corrected chi connectivity index (χ3v) is 3.24. The van der Waals surface area contributed by atoms with Crippen LogP contribution in [0.1, 0.15) is 6.92 Å². The number of carbonyl (C=O) groups is 1. The van der Waals surface area contributed by atoms with Crippen molar-refractivity contribution in [3.63, 3.8) is 0 Å². The zero-order valence-corrected chi connectivity index (χ0v) is 12.7. The van der Waals surface area contributed by atoms with Gasteiger partial charge in [-0.1, -0.05) is 12.1 Å². The van der Waals surface area contributed by atoms with Gasteiger partial charge < -0.3 is 10.6 Å². The molecule has 2 aromatic carbocycles. The molecule has 120 valence electrons. The van der Waals surface area contributed by atoms with Gasteiger partial charge in [-0.15, -0.1) is 0 Å². The van der Waals surface area contributed by atoms with Gasteiger partial charge in [0.2, 0.25) is 5.91 Å². The first-order valence-corrected chi connectivity index (χ1v) is 7.08. The Kier molecular flexibility index (Phi) is 4.02. The van der Waals surface area contributed by atoms with Crippen molar-refractivity contribution < 1.29 is 9.72 Å². The highest BCUT2D eigenvalue weighted by Crippen LogP contribution is 2.25. The number of nitro groups is 1. The maximum absolute atomic E-state index is 11.3. The van der Waals surface area contributed by atoms with Crippen LogP contribution in [0.2, 0.25) is 0 Å². The lowest BCUT2D eigenvalue weighted by atomic mass is 10.2. The van der Waals surface area contributed by atoms with Crippen molar-refractivity contribution in [3.8, 4) is 0 Å². The number of amides is 1. The van der Waals surface area contributed by atoms with Gasteiger partial charge in [-0.05, 0) is 18.2 Å². The van der Waals surface area contributed by atoms with E-state index in [2.05, 4.69) is 20.6 Å². The SMILES string of the molecule is CC(=O)Nc1ccccc1Nc1cnc2ccc([N+](=O)[O-])cc2n1. The second-order valence-corrected chi connectivity index (χ2v) is 5.04. The minimum Gasteiger partial charge on any atom is -0.337 e. The van der Waals surface area contributed by atoms with E-state index in [1.165, 1.54) is 25.3 Å². The Morgan fingerprint density at radius 2 is 1.88 bits per heavy atom. The van der Waals surface area contributed by atoms with Crippen LogP contribution in [0.4, 0.5) is 22.9 Å². The topological polar surface area (TPSA) is 110 Å². The molecule has 1 aromatic heterocycles. The number of nitrogens with zero attached hydrogens (tertiary/aromatic N) is 3. The smallest absolute Gasteiger partial charge is 0.271 e. The zero-order chi connectivity index (χ0) is 17.1. The molecule has 0 aliphatic carbocycles. The van der Waals surface area contributed by atoms with E-state index in [1.807, 2.05) is 6.07 Å². The quantitative estimate of drug-likeness (QED) is 0.563. The van der Waals surface area contributed by atoms with E-state index < -0.39 is 4.92 Å². The molecule has 0 unspecified atom stereocenters. The number of para-hydroxylation sites is 2. The van der Waals surface area contributed by atoms with E-state index in [1.54, 1.807) is 24.3 Å². The summed E-state index contributed by atoms with van der Waals surface area (Å²) in [4.78, 5) is 30.2. The Hall–Kier alpha value is -3.55. The first-order valence-electron chi connectivity index (χ1n) is 7.08. The van der Waals surface area contributed by atoms with Crippen LogP contribution in [0.25, 0.3) is 11.0 Å². The summed E-state index contributed by atoms with van der Waals surface area (Å²) in [6, 6.07) is 11.4. The summed E-state index contributed by atoms with van der Waals surface area (Å²) >= 11 is 0. The predicted octanol–water partition coefficient (Wildman–Crippen LogP) is 3.24. The van der Waals surface area contributed by atoms with Crippen LogP contribution in [-0.2, 0) is 4.79 Å². The van der Waals surface area contributed by atoms with Gasteiger partial charge in [0.05, 0.1) is 33.5 Å². The number of carbonyl (C=O) groups excluding carboxylic acids is 1. The van der Waals surface area contributed by atoms with Crippen LogP contribution in [-0.4, -0.2) is 20.8 Å². The molecule has 8 heteroatoms. The summed E-state index contributed by atoms with van der Waals surface area (Å²) in [7, 11) is 0. The predicted molar refractivity (Wildman–Crippen MR) is 90.2 cm³/mol. The fraction of sp³-hybridized carbons (Fsp3) is 0.0625. The zero-order valence-electron chi connectivity index (χ0n) is 12.7. The lowest BCUT2D eigenvalue weighted by molar-refractivity contribution is -0.384. The number of hydrogen-bond acceptors (Lipinski definition) is 6. The van der Waals surface area contributed by atoms with Crippen molar-refractivity contribution in [2.24, 2.45) is 0 Å². The Balaban J connectivity index is 1.96. The van der Waals surface area contributed by atoms with Gasteiger partial charge in [0.15, 0.2) is 0 Å². The molecule has 24 heavy (non-hydrogen) atoms. The first kappa shape index (κ1) is 15.3. The fourth-order valence-corrected chi connectivity index (χ4v) is 2.20. The number of benzene rings is 2. The van der Waals surface area contributed by atoms with Crippen LogP contribution in [0.15, 0.2) is 48.7 Å². The van der Waals surface area contributed by atoms with Gasteiger partial charge in [0.25, 0.3) is 5.69 Å². The third kappa shape index (κ3) is 3.27. The highest BCUT2D eigenvalue weighted by molar-refractivity contribution is 5.93. The molecule has 2 N–H and O–H groups in total. The normalized spacial score (nSPS) is 10.4. The van der Waals surface area contributed by atoms with Crippen LogP contribution in [0.5, 0.6) is 0 Å². The highest BCUT2D eigenvalue weighted by atomic mass is 16.6. The third-order valence-electron chi connectivity index (χ3n) is 3.24. The molecule has 0 atom stereocenters. The van der Waals surface area contributed by atoms with Crippen LogP contribution < -0.4 is 10.6 Å². The molecule has 3 rings (SSSR count). The van der Waals surface area contributed by atoms with Crippen molar-refractivity contribution in [1.29, 1.82) is 0 Å². The van der Waals surface area contributed by atoms with Gasteiger partial charge in [-0.2, -0.15) is 0 Å². The van der Waals surface area contributed by atoms with Crippen molar-refractivity contribution in [2.45, 2.75) is 6.92 Å². The molecule has 8 nitrogen and oxygen atoms in total. The molecular formula is C16H13N5O3. The Bertz CT molecular complexity index is 942. The van der Waals surface area contributed by atoms with Gasteiger partial charge in [0, 0.05) is 19.1 Å². The molecule has 3 aromatic rings. The van der Waals surface area contributed by atoms with Crippen molar-refractivity contribution >= 4 is 39.8 Å². The van der Waals surface area contributed by atoms with Gasteiger partial charge >= 0.3 is 0 Å². The summed E-state index contributed by atoms with van der Waals surface area (Å²) in [5.74, 6) is 0.227. The second-order valence-electron chi connectivity index (χ2n) is 5.04. The van der Waals surface area contributed by atoms with E-state index in [0.29, 0.717) is 28.2 Å². The minimum absolute atomic E-state index is 0.0485. The summed E-state index contributed by atoms with van der Waals surface area (Å²) < 4.78 is 0. The summed E-state index contributed by atoms with van der Waals surface area (Å²) in [6.07, 6.45) is 1.53. The number of nitrogens with one attached hydrogen (secondary N) is 2. The van der Waals surface area contributed by atoms with Crippen molar-refractivity contribution in [3.05, 3.63) is 58.8 Å². The van der Waals surface area contributed by atoms with E-state index in [4.69, 9.17) is 0 Å². The van der Waals surface area contributed by atoms with Crippen LogP contribution in [0, 0.1) is 10.1 Å². The molecule has 1 amide bonds. The molecular weight excluding hydrogens is 310 g/mol. The molecule has 0 fully saturated rings. The lowest BCUT2D eigenvalue weighted by Gasteiger charge is -2.11. The van der Waals surface area contributed by atoms with E-state index in [9.17, 15) is 14.9 Å². The van der Waals surface area contributed by atoms with Crippen LogP contribution >= 0.6 is 0 Å². The first-order chi connectivity index (χ1) is 11.5. The molecule has 0 saturated heterocycles. The highest BCUT2D eigenvalue weighted by Gasteiger charge is 2.09. The van der Waals surface area contributed by atoms with Crippen molar-refractivity contribution in [1.82, 2.24) is 9.97 Å². The molecule has 0 aliphatic heterocycles. The van der Waals surface area contributed by atoms with Gasteiger partial charge in [-0.25, -0.2) is 4.98 Å². The molecule has 0 aliphatic rings. The second kappa shape index (κ2) is 6.29. The standard InChI is InChI=1S/C16H13N5O3/c1-10(22)18-13-4-2-3-5-14(13)19-16-9-17-12-7-6-11(21(23)24)8-15(12)20-16/h2-9H,1H3,(H,18,22)(H,19,20). The summed E-state index contributed by atoms with van der Waals surface area (Å²) in [6.45, 7) is 1.42. The number of rotatable bonds is 4. The molecule has 1 heterocycles. The average molecular weight is 323 g/mol. The minimum atomic E-state index is -0.479. The average Bonchev–Trinajstić information content (AvgIpc) is 2.55. The maximum atomic E-state index is 11.3. The van der Waals surface area contributed by atoms with E-state index in [-0.39, 0.29) is 11.6 Å². The number of hydrogen-bond donors (Lipinski definition) is 2. The van der Waals surface area contributed by atoms with Crippen molar-refractivity contribution in [2.75, 3.05) is 10.6 Å². The monoisotopic (exact) mass is 323 g/mol. The lowest BCUT2D eigenvalue weighted by Crippen LogP contribution is -2.08.